The van der Waals surface area contributed by atoms with E-state index in [4.69, 9.17) is 0 Å². The van der Waals surface area contributed by atoms with Crippen LogP contribution < -0.4 is 5.32 Å². The molecule has 1 N–H and O–H groups in total. The molecule has 4 rings (SSSR count). The summed E-state index contributed by atoms with van der Waals surface area (Å²) >= 11 is 0. The molecule has 0 saturated heterocycles. The van der Waals surface area contributed by atoms with Gasteiger partial charge in [-0.1, -0.05) is 42.5 Å². The molecule has 3 aromatic rings. The number of anilines is 1. The molecule has 0 aliphatic carbocycles. The third-order valence-corrected chi connectivity index (χ3v) is 5.55. The van der Waals surface area contributed by atoms with Crippen LogP contribution in [0.15, 0.2) is 66.7 Å². The number of hydrogen-bond acceptors (Lipinski definition) is 3. The van der Waals surface area contributed by atoms with Gasteiger partial charge in [0.15, 0.2) is 0 Å². The zero-order valence-corrected chi connectivity index (χ0v) is 16.9. The van der Waals surface area contributed by atoms with Gasteiger partial charge in [-0.3, -0.25) is 19.3 Å². The molecule has 0 unspecified atom stereocenters. The first-order valence-electron chi connectivity index (χ1n) is 9.87. The number of aryl methyl sites for hydroxylation is 1. The molecule has 0 atom stereocenters. The summed E-state index contributed by atoms with van der Waals surface area (Å²) in [5.41, 5.74) is 4.83. The third kappa shape index (κ3) is 3.62. The summed E-state index contributed by atoms with van der Waals surface area (Å²) in [5, 5.41) is 2.89. The third-order valence-electron chi connectivity index (χ3n) is 5.55. The Kier molecular flexibility index (Phi) is 5.19. The van der Waals surface area contributed by atoms with Crippen LogP contribution in [0.5, 0.6) is 0 Å². The Bertz CT molecular complexity index is 1150. The SMILES string of the molecule is Cc1cccc(NC(=O)c2ccc3c(c2)C(=O)N(CCc2ccccc2)C3=O)c1C. The Morgan fingerprint density at radius 3 is 2.37 bits per heavy atom. The Labute approximate surface area is 175 Å². The van der Waals surface area contributed by atoms with Crippen molar-refractivity contribution in [3.63, 3.8) is 0 Å². The van der Waals surface area contributed by atoms with Crippen LogP contribution in [-0.2, 0) is 6.42 Å². The number of benzene rings is 3. The van der Waals surface area contributed by atoms with Crippen molar-refractivity contribution in [3.05, 3.63) is 100 Å². The summed E-state index contributed by atoms with van der Waals surface area (Å²) in [6.45, 7) is 4.23. The molecule has 1 heterocycles. The molecule has 0 spiro atoms. The van der Waals surface area contributed by atoms with Crippen molar-refractivity contribution in [2.75, 3.05) is 11.9 Å². The standard InChI is InChI=1S/C25H22N2O3/c1-16-7-6-10-22(17(16)2)26-23(28)19-11-12-20-21(15-19)25(30)27(24(20)29)14-13-18-8-4-3-5-9-18/h3-12,15H,13-14H2,1-2H3,(H,26,28). The van der Waals surface area contributed by atoms with Crippen molar-refractivity contribution in [2.24, 2.45) is 0 Å². The number of imide groups is 1. The van der Waals surface area contributed by atoms with E-state index < -0.39 is 0 Å². The molecule has 0 saturated carbocycles. The minimum atomic E-state index is -0.354. The summed E-state index contributed by atoms with van der Waals surface area (Å²) < 4.78 is 0. The maximum Gasteiger partial charge on any atom is 0.261 e. The van der Waals surface area contributed by atoms with Crippen LogP contribution in [0.4, 0.5) is 5.69 Å². The fourth-order valence-electron chi connectivity index (χ4n) is 3.60. The number of nitrogens with one attached hydrogen (secondary N) is 1. The van der Waals surface area contributed by atoms with Crippen molar-refractivity contribution in [1.29, 1.82) is 0 Å². The van der Waals surface area contributed by atoms with Gasteiger partial charge in [-0.05, 0) is 61.2 Å². The van der Waals surface area contributed by atoms with Crippen LogP contribution >= 0.6 is 0 Å². The minimum Gasteiger partial charge on any atom is -0.322 e. The lowest BCUT2D eigenvalue weighted by Crippen LogP contribution is -2.31. The van der Waals surface area contributed by atoms with E-state index in [9.17, 15) is 14.4 Å². The molecule has 150 valence electrons. The van der Waals surface area contributed by atoms with Crippen molar-refractivity contribution in [2.45, 2.75) is 20.3 Å². The fourth-order valence-corrected chi connectivity index (χ4v) is 3.60. The zero-order chi connectivity index (χ0) is 21.3. The number of rotatable bonds is 5. The Hall–Kier alpha value is -3.73. The molecule has 1 aliphatic rings. The Morgan fingerprint density at radius 2 is 1.60 bits per heavy atom. The first kappa shape index (κ1) is 19.6. The highest BCUT2D eigenvalue weighted by Crippen LogP contribution is 2.25. The van der Waals surface area contributed by atoms with Crippen molar-refractivity contribution in [3.8, 4) is 0 Å². The van der Waals surface area contributed by atoms with Crippen molar-refractivity contribution < 1.29 is 14.4 Å². The summed E-state index contributed by atoms with van der Waals surface area (Å²) in [4.78, 5) is 39.5. The average Bonchev–Trinajstić information content (AvgIpc) is 3.00. The first-order chi connectivity index (χ1) is 14.5. The number of amides is 3. The quantitative estimate of drug-likeness (QED) is 0.648. The van der Waals surface area contributed by atoms with Gasteiger partial charge in [-0.2, -0.15) is 0 Å². The van der Waals surface area contributed by atoms with Crippen LogP contribution in [0.3, 0.4) is 0 Å². The largest absolute Gasteiger partial charge is 0.322 e. The second kappa shape index (κ2) is 7.95. The van der Waals surface area contributed by atoms with E-state index in [1.165, 1.54) is 11.0 Å². The predicted molar refractivity (Wildman–Crippen MR) is 116 cm³/mol. The smallest absolute Gasteiger partial charge is 0.261 e. The number of fused-ring (bicyclic) bond motifs is 1. The van der Waals surface area contributed by atoms with Crippen LogP contribution in [0.2, 0.25) is 0 Å². The molecule has 0 aromatic heterocycles. The minimum absolute atomic E-state index is 0.279. The summed E-state index contributed by atoms with van der Waals surface area (Å²) in [5.74, 6) is -0.978. The van der Waals surface area contributed by atoms with Gasteiger partial charge in [-0.15, -0.1) is 0 Å². The molecule has 5 heteroatoms. The molecular formula is C25H22N2O3. The van der Waals surface area contributed by atoms with E-state index >= 15 is 0 Å². The fraction of sp³-hybridized carbons (Fsp3) is 0.160. The number of hydrogen-bond donors (Lipinski definition) is 1. The molecule has 3 amide bonds. The van der Waals surface area contributed by atoms with Crippen LogP contribution in [0.25, 0.3) is 0 Å². The summed E-state index contributed by atoms with van der Waals surface area (Å²) in [6, 6.07) is 20.1. The van der Waals surface area contributed by atoms with Crippen molar-refractivity contribution in [1.82, 2.24) is 4.90 Å². The maximum absolute atomic E-state index is 12.8. The summed E-state index contributed by atoms with van der Waals surface area (Å²) in [6.07, 6.45) is 0.590. The molecule has 0 bridgehead atoms. The number of carbonyl (C=O) groups is 3. The zero-order valence-electron chi connectivity index (χ0n) is 16.9. The van der Waals surface area contributed by atoms with Gasteiger partial charge in [0.05, 0.1) is 11.1 Å². The lowest BCUT2D eigenvalue weighted by atomic mass is 10.0. The number of nitrogens with zero attached hydrogens (tertiary/aromatic N) is 1. The highest BCUT2D eigenvalue weighted by molar-refractivity contribution is 6.22. The van der Waals surface area contributed by atoms with E-state index in [2.05, 4.69) is 5.32 Å². The van der Waals surface area contributed by atoms with E-state index in [1.807, 2.05) is 62.4 Å². The second-order valence-electron chi connectivity index (χ2n) is 7.46. The predicted octanol–water partition coefficient (Wildman–Crippen LogP) is 4.39. The molecule has 3 aromatic carbocycles. The maximum atomic E-state index is 12.8. The normalized spacial score (nSPS) is 12.8. The van der Waals surface area contributed by atoms with Crippen LogP contribution in [0, 0.1) is 13.8 Å². The van der Waals surface area contributed by atoms with E-state index in [0.29, 0.717) is 24.1 Å². The molecular weight excluding hydrogens is 376 g/mol. The van der Waals surface area contributed by atoms with Gasteiger partial charge in [0, 0.05) is 17.8 Å². The van der Waals surface area contributed by atoms with Crippen LogP contribution in [0.1, 0.15) is 47.8 Å². The first-order valence-corrected chi connectivity index (χ1v) is 9.87. The van der Waals surface area contributed by atoms with Crippen LogP contribution in [-0.4, -0.2) is 29.2 Å². The highest BCUT2D eigenvalue weighted by Gasteiger charge is 2.35. The lowest BCUT2D eigenvalue weighted by molar-refractivity contribution is 0.0656. The van der Waals surface area contributed by atoms with Crippen molar-refractivity contribution >= 4 is 23.4 Å². The van der Waals surface area contributed by atoms with Gasteiger partial charge in [-0.25, -0.2) is 0 Å². The van der Waals surface area contributed by atoms with E-state index in [1.54, 1.807) is 12.1 Å². The summed E-state index contributed by atoms with van der Waals surface area (Å²) in [7, 11) is 0. The Morgan fingerprint density at radius 1 is 0.867 bits per heavy atom. The van der Waals surface area contributed by atoms with E-state index in [-0.39, 0.29) is 23.3 Å². The van der Waals surface area contributed by atoms with Gasteiger partial charge >= 0.3 is 0 Å². The molecule has 30 heavy (non-hydrogen) atoms. The lowest BCUT2D eigenvalue weighted by Gasteiger charge is -2.13. The molecule has 0 radical (unpaired) electrons. The topological polar surface area (TPSA) is 66.5 Å². The number of carbonyl (C=O) groups excluding carboxylic acids is 3. The molecule has 0 fully saturated rings. The highest BCUT2D eigenvalue weighted by atomic mass is 16.2. The molecule has 5 nitrogen and oxygen atoms in total. The molecule has 1 aliphatic heterocycles. The van der Waals surface area contributed by atoms with Gasteiger partial charge in [0.2, 0.25) is 0 Å². The Balaban J connectivity index is 1.52. The average molecular weight is 398 g/mol. The van der Waals surface area contributed by atoms with Gasteiger partial charge in [0.1, 0.15) is 0 Å². The van der Waals surface area contributed by atoms with Gasteiger partial charge in [0.25, 0.3) is 17.7 Å². The second-order valence-corrected chi connectivity index (χ2v) is 7.46. The van der Waals surface area contributed by atoms with E-state index in [0.717, 1.165) is 22.4 Å². The van der Waals surface area contributed by atoms with Gasteiger partial charge < -0.3 is 5.32 Å². The monoisotopic (exact) mass is 398 g/mol.